The van der Waals surface area contributed by atoms with Gasteiger partial charge in [-0.2, -0.15) is 0 Å². The van der Waals surface area contributed by atoms with E-state index in [1.54, 1.807) is 24.2 Å². The summed E-state index contributed by atoms with van der Waals surface area (Å²) in [5.74, 6) is -0.272. The summed E-state index contributed by atoms with van der Waals surface area (Å²) in [6, 6.07) is 13.4. The van der Waals surface area contributed by atoms with Crippen molar-refractivity contribution in [3.63, 3.8) is 0 Å². The highest BCUT2D eigenvalue weighted by atomic mass is 16.2. The standard InChI is InChI=1S/C21H26N4O2/c1-16-8-9-18(14-23-16)21(27)25-13-12-24(15-19(25)20(26)22-2)11-10-17-6-4-3-5-7-17/h3-9,14,19H,10-13,15H2,1-2H3,(H,22,26). The van der Waals surface area contributed by atoms with E-state index in [1.165, 1.54) is 5.56 Å². The summed E-state index contributed by atoms with van der Waals surface area (Å²) in [6.07, 6.45) is 2.51. The summed E-state index contributed by atoms with van der Waals surface area (Å²) in [5, 5.41) is 2.70. The van der Waals surface area contributed by atoms with Gasteiger partial charge < -0.3 is 10.2 Å². The third-order valence-corrected chi connectivity index (χ3v) is 4.99. The van der Waals surface area contributed by atoms with Gasteiger partial charge in [0, 0.05) is 45.1 Å². The van der Waals surface area contributed by atoms with Crippen LogP contribution in [0.25, 0.3) is 0 Å². The van der Waals surface area contributed by atoms with Crippen molar-refractivity contribution in [2.24, 2.45) is 0 Å². The van der Waals surface area contributed by atoms with E-state index >= 15 is 0 Å². The Kier molecular flexibility index (Phi) is 6.19. The highest BCUT2D eigenvalue weighted by Crippen LogP contribution is 2.15. The minimum absolute atomic E-state index is 0.132. The number of aromatic nitrogens is 1. The lowest BCUT2D eigenvalue weighted by Crippen LogP contribution is -2.60. The number of nitrogens with one attached hydrogen (secondary N) is 1. The molecule has 1 fully saturated rings. The van der Waals surface area contributed by atoms with Crippen molar-refractivity contribution < 1.29 is 9.59 Å². The van der Waals surface area contributed by atoms with E-state index in [9.17, 15) is 9.59 Å². The Labute approximate surface area is 160 Å². The quantitative estimate of drug-likeness (QED) is 0.871. The summed E-state index contributed by atoms with van der Waals surface area (Å²) in [5.41, 5.74) is 2.66. The summed E-state index contributed by atoms with van der Waals surface area (Å²) < 4.78 is 0. The number of likely N-dealkylation sites (N-methyl/N-ethyl adjacent to an activating group) is 1. The van der Waals surface area contributed by atoms with Gasteiger partial charge in [-0.1, -0.05) is 30.3 Å². The average Bonchev–Trinajstić information content (AvgIpc) is 2.72. The second-order valence-electron chi connectivity index (χ2n) is 6.85. The predicted octanol–water partition coefficient (Wildman–Crippen LogP) is 1.51. The maximum atomic E-state index is 12.9. The number of pyridine rings is 1. The van der Waals surface area contributed by atoms with Crippen LogP contribution < -0.4 is 5.32 Å². The smallest absolute Gasteiger partial charge is 0.256 e. The summed E-state index contributed by atoms with van der Waals surface area (Å²) in [7, 11) is 1.61. The molecule has 0 saturated carbocycles. The molecule has 1 aromatic carbocycles. The molecule has 0 spiro atoms. The zero-order valence-corrected chi connectivity index (χ0v) is 15.9. The van der Waals surface area contributed by atoms with Gasteiger partial charge in [0.05, 0.1) is 5.56 Å². The van der Waals surface area contributed by atoms with E-state index < -0.39 is 6.04 Å². The lowest BCUT2D eigenvalue weighted by molar-refractivity contribution is -0.127. The van der Waals surface area contributed by atoms with E-state index in [0.717, 1.165) is 25.2 Å². The monoisotopic (exact) mass is 366 g/mol. The molecular formula is C21H26N4O2. The Hall–Kier alpha value is -2.73. The molecule has 1 aliphatic heterocycles. The van der Waals surface area contributed by atoms with Crippen LogP contribution in [0.5, 0.6) is 0 Å². The van der Waals surface area contributed by atoms with E-state index in [4.69, 9.17) is 0 Å². The summed E-state index contributed by atoms with van der Waals surface area (Å²) in [6.45, 7) is 4.57. The van der Waals surface area contributed by atoms with Crippen molar-refractivity contribution in [1.82, 2.24) is 20.1 Å². The van der Waals surface area contributed by atoms with Crippen LogP contribution in [0.2, 0.25) is 0 Å². The van der Waals surface area contributed by atoms with E-state index in [1.807, 2.05) is 31.2 Å². The predicted molar refractivity (Wildman–Crippen MR) is 104 cm³/mol. The van der Waals surface area contributed by atoms with Crippen LogP contribution in [-0.2, 0) is 11.2 Å². The molecule has 1 unspecified atom stereocenters. The number of benzene rings is 1. The van der Waals surface area contributed by atoms with Crippen molar-refractivity contribution in [2.45, 2.75) is 19.4 Å². The van der Waals surface area contributed by atoms with E-state index in [-0.39, 0.29) is 11.8 Å². The summed E-state index contributed by atoms with van der Waals surface area (Å²) >= 11 is 0. The second-order valence-corrected chi connectivity index (χ2v) is 6.85. The highest BCUT2D eigenvalue weighted by molar-refractivity contribution is 5.97. The van der Waals surface area contributed by atoms with Gasteiger partial charge in [-0.05, 0) is 31.0 Å². The first-order valence-electron chi connectivity index (χ1n) is 9.30. The number of piperazine rings is 1. The van der Waals surface area contributed by atoms with Gasteiger partial charge >= 0.3 is 0 Å². The van der Waals surface area contributed by atoms with Gasteiger partial charge in [0.15, 0.2) is 0 Å². The van der Waals surface area contributed by atoms with Crippen LogP contribution in [0, 0.1) is 6.92 Å². The maximum Gasteiger partial charge on any atom is 0.256 e. The van der Waals surface area contributed by atoms with Crippen molar-refractivity contribution in [3.05, 3.63) is 65.5 Å². The Balaban J connectivity index is 1.68. The SMILES string of the molecule is CNC(=O)C1CN(CCc2ccccc2)CCN1C(=O)c1ccc(C)nc1. The number of amides is 2. The van der Waals surface area contributed by atoms with Crippen LogP contribution >= 0.6 is 0 Å². The van der Waals surface area contributed by atoms with Gasteiger partial charge in [0.1, 0.15) is 6.04 Å². The fourth-order valence-corrected chi connectivity index (χ4v) is 3.37. The number of hydrogen-bond donors (Lipinski definition) is 1. The molecule has 2 aromatic rings. The normalized spacial score (nSPS) is 17.6. The Bertz CT molecular complexity index is 777. The average molecular weight is 366 g/mol. The third kappa shape index (κ3) is 4.71. The largest absolute Gasteiger partial charge is 0.357 e. The van der Waals surface area contributed by atoms with Crippen LogP contribution in [0.3, 0.4) is 0 Å². The molecule has 0 radical (unpaired) electrons. The third-order valence-electron chi connectivity index (χ3n) is 4.99. The molecule has 1 atom stereocenters. The van der Waals surface area contributed by atoms with Crippen molar-refractivity contribution in [3.8, 4) is 0 Å². The first-order valence-corrected chi connectivity index (χ1v) is 9.30. The number of hydrogen-bond acceptors (Lipinski definition) is 4. The van der Waals surface area contributed by atoms with E-state index in [0.29, 0.717) is 18.7 Å². The molecule has 142 valence electrons. The molecule has 3 rings (SSSR count). The molecule has 0 aliphatic carbocycles. The Morgan fingerprint density at radius 3 is 2.59 bits per heavy atom. The van der Waals surface area contributed by atoms with Gasteiger partial charge in [0.2, 0.25) is 5.91 Å². The molecule has 0 bridgehead atoms. The lowest BCUT2D eigenvalue weighted by atomic mass is 10.1. The minimum Gasteiger partial charge on any atom is -0.357 e. The molecule has 27 heavy (non-hydrogen) atoms. The molecule has 1 aromatic heterocycles. The number of aryl methyl sites for hydroxylation is 1. The molecule has 1 saturated heterocycles. The van der Waals surface area contributed by atoms with Crippen molar-refractivity contribution >= 4 is 11.8 Å². The number of carbonyl (C=O) groups is 2. The number of carbonyl (C=O) groups excluding carboxylic acids is 2. The maximum absolute atomic E-state index is 12.9. The van der Waals surface area contributed by atoms with Crippen molar-refractivity contribution in [2.75, 3.05) is 33.2 Å². The fraction of sp³-hybridized carbons (Fsp3) is 0.381. The van der Waals surface area contributed by atoms with Gasteiger partial charge in [-0.3, -0.25) is 19.5 Å². The molecular weight excluding hydrogens is 340 g/mol. The van der Waals surface area contributed by atoms with Gasteiger partial charge in [-0.15, -0.1) is 0 Å². The molecule has 2 amide bonds. The van der Waals surface area contributed by atoms with Gasteiger partial charge in [-0.25, -0.2) is 0 Å². The zero-order valence-electron chi connectivity index (χ0n) is 15.9. The second kappa shape index (κ2) is 8.77. The van der Waals surface area contributed by atoms with Crippen LogP contribution in [0.1, 0.15) is 21.6 Å². The van der Waals surface area contributed by atoms with Crippen LogP contribution in [-0.4, -0.2) is 65.9 Å². The Morgan fingerprint density at radius 2 is 1.93 bits per heavy atom. The fourth-order valence-electron chi connectivity index (χ4n) is 3.37. The summed E-state index contributed by atoms with van der Waals surface area (Å²) in [4.78, 5) is 33.5. The van der Waals surface area contributed by atoms with Gasteiger partial charge in [0.25, 0.3) is 5.91 Å². The molecule has 1 N–H and O–H groups in total. The lowest BCUT2D eigenvalue weighted by Gasteiger charge is -2.40. The van der Waals surface area contributed by atoms with Crippen LogP contribution in [0.4, 0.5) is 0 Å². The first-order chi connectivity index (χ1) is 13.1. The minimum atomic E-state index is -0.492. The topological polar surface area (TPSA) is 65.5 Å². The molecule has 6 heteroatoms. The molecule has 1 aliphatic rings. The number of nitrogens with zero attached hydrogens (tertiary/aromatic N) is 3. The van der Waals surface area contributed by atoms with E-state index in [2.05, 4.69) is 27.3 Å². The highest BCUT2D eigenvalue weighted by Gasteiger charge is 2.35. The van der Waals surface area contributed by atoms with Crippen molar-refractivity contribution in [1.29, 1.82) is 0 Å². The molecule has 6 nitrogen and oxygen atoms in total. The zero-order chi connectivity index (χ0) is 19.2. The van der Waals surface area contributed by atoms with Crippen LogP contribution in [0.15, 0.2) is 48.7 Å². The first kappa shape index (κ1) is 19.0. The molecule has 2 heterocycles. The number of rotatable bonds is 5. The Morgan fingerprint density at radius 1 is 1.15 bits per heavy atom.